The van der Waals surface area contributed by atoms with Crippen molar-refractivity contribution in [3.05, 3.63) is 63.5 Å². The molecule has 0 aliphatic carbocycles. The number of amides is 2. The maximum Gasteiger partial charge on any atom is 0.264 e. The van der Waals surface area contributed by atoms with Crippen LogP contribution in [0.3, 0.4) is 0 Å². The minimum absolute atomic E-state index is 0.109. The topological polar surface area (TPSA) is 61.9 Å². The minimum atomic E-state index is -0.137. The van der Waals surface area contributed by atoms with Crippen LogP contribution < -0.4 is 10.2 Å². The fourth-order valence-electron chi connectivity index (χ4n) is 3.54. The summed E-state index contributed by atoms with van der Waals surface area (Å²) in [5, 5.41) is 3.60. The normalized spacial score (nSPS) is 18.2. The van der Waals surface area contributed by atoms with Crippen LogP contribution in [0.4, 0.5) is 5.69 Å². The van der Waals surface area contributed by atoms with Crippen molar-refractivity contribution in [2.75, 3.05) is 51.3 Å². The molecule has 4 rings (SSSR count). The number of carbonyl (C=O) groups excluding carboxylic acids is 2. The second kappa shape index (κ2) is 9.87. The maximum atomic E-state index is 12.9. The van der Waals surface area contributed by atoms with Gasteiger partial charge in [-0.05, 0) is 42.0 Å². The van der Waals surface area contributed by atoms with E-state index in [1.807, 2.05) is 30.3 Å². The second-order valence-electron chi connectivity index (χ2n) is 7.42. The van der Waals surface area contributed by atoms with Crippen molar-refractivity contribution in [1.29, 1.82) is 0 Å². The molecular formula is C23H24ClN3O3S. The molecule has 162 valence electrons. The molecule has 0 saturated carbocycles. The zero-order chi connectivity index (χ0) is 21.8. The van der Waals surface area contributed by atoms with Crippen LogP contribution in [0.25, 0.3) is 6.08 Å². The Bertz CT molecular complexity index is 1020. The molecule has 1 saturated heterocycles. The first-order chi connectivity index (χ1) is 15.0. The predicted octanol–water partition coefficient (Wildman–Crippen LogP) is 3.51. The van der Waals surface area contributed by atoms with Crippen LogP contribution in [0.15, 0.2) is 52.3 Å². The molecule has 1 fully saturated rings. The lowest BCUT2D eigenvalue weighted by molar-refractivity contribution is -0.114. The Labute approximate surface area is 191 Å². The average molecular weight is 458 g/mol. The number of ether oxygens (including phenoxy) is 1. The maximum absolute atomic E-state index is 12.9. The summed E-state index contributed by atoms with van der Waals surface area (Å²) in [6.07, 6.45) is 1.84. The Morgan fingerprint density at radius 2 is 2.03 bits per heavy atom. The van der Waals surface area contributed by atoms with E-state index in [-0.39, 0.29) is 11.8 Å². The number of halogens is 1. The fraction of sp³-hybridized carbons (Fsp3) is 0.304. The summed E-state index contributed by atoms with van der Waals surface area (Å²) >= 11 is 7.46. The number of anilines is 1. The second-order valence-corrected chi connectivity index (χ2v) is 8.94. The smallest absolute Gasteiger partial charge is 0.264 e. The molecule has 0 aromatic heterocycles. The van der Waals surface area contributed by atoms with Gasteiger partial charge in [-0.2, -0.15) is 0 Å². The quantitative estimate of drug-likeness (QED) is 0.696. The number of hydrogen-bond donors (Lipinski definition) is 1. The SMILES string of the molecule is CN1C(=O)C(=Cc2cccc(Cl)c2)Sc2ccc(C(=O)NCCN3CCOCC3)cc21. The van der Waals surface area contributed by atoms with Gasteiger partial charge in [0.15, 0.2) is 0 Å². The van der Waals surface area contributed by atoms with Crippen molar-refractivity contribution in [1.82, 2.24) is 10.2 Å². The third-order valence-corrected chi connectivity index (χ3v) is 6.59. The first-order valence-corrected chi connectivity index (χ1v) is 11.4. The molecule has 6 nitrogen and oxygen atoms in total. The number of likely N-dealkylation sites (N-methyl/N-ethyl adjacent to an activating group) is 1. The summed E-state index contributed by atoms with van der Waals surface area (Å²) in [5.74, 6) is -0.246. The highest BCUT2D eigenvalue weighted by Crippen LogP contribution is 2.42. The van der Waals surface area contributed by atoms with Crippen molar-refractivity contribution in [2.24, 2.45) is 0 Å². The van der Waals surface area contributed by atoms with Crippen LogP contribution in [0.1, 0.15) is 15.9 Å². The predicted molar refractivity (Wildman–Crippen MR) is 125 cm³/mol. The van der Waals surface area contributed by atoms with E-state index < -0.39 is 0 Å². The standard InChI is InChI=1S/C23H24ClN3O3S/c1-26-19-15-17(22(28)25-7-8-27-9-11-30-12-10-27)5-6-20(19)31-21(23(26)29)14-16-3-2-4-18(24)13-16/h2-6,13-15H,7-12H2,1H3,(H,25,28). The molecule has 31 heavy (non-hydrogen) atoms. The molecule has 0 spiro atoms. The van der Waals surface area contributed by atoms with Gasteiger partial charge in [0.2, 0.25) is 0 Å². The van der Waals surface area contributed by atoms with Gasteiger partial charge in [-0.1, -0.05) is 35.5 Å². The molecule has 1 N–H and O–H groups in total. The van der Waals surface area contributed by atoms with Crippen molar-refractivity contribution in [3.8, 4) is 0 Å². The molecule has 2 aliphatic heterocycles. The van der Waals surface area contributed by atoms with E-state index in [2.05, 4.69) is 10.2 Å². The number of morpholine rings is 1. The van der Waals surface area contributed by atoms with E-state index in [0.717, 1.165) is 49.0 Å². The Balaban J connectivity index is 1.45. The summed E-state index contributed by atoms with van der Waals surface area (Å²) in [6.45, 7) is 4.64. The molecule has 0 bridgehead atoms. The third kappa shape index (κ3) is 5.30. The van der Waals surface area contributed by atoms with E-state index in [1.54, 1.807) is 30.1 Å². The number of rotatable bonds is 5. The van der Waals surface area contributed by atoms with Crippen molar-refractivity contribution in [3.63, 3.8) is 0 Å². The highest BCUT2D eigenvalue weighted by Gasteiger charge is 2.27. The van der Waals surface area contributed by atoms with Gasteiger partial charge in [0.1, 0.15) is 0 Å². The number of fused-ring (bicyclic) bond motifs is 1. The van der Waals surface area contributed by atoms with Gasteiger partial charge in [-0.3, -0.25) is 14.5 Å². The zero-order valence-corrected chi connectivity index (χ0v) is 18.8. The van der Waals surface area contributed by atoms with E-state index in [1.165, 1.54) is 11.8 Å². The highest BCUT2D eigenvalue weighted by atomic mass is 35.5. The number of carbonyl (C=O) groups is 2. The first kappa shape index (κ1) is 21.9. The molecule has 0 unspecified atom stereocenters. The molecular weight excluding hydrogens is 434 g/mol. The van der Waals surface area contributed by atoms with Gasteiger partial charge in [0, 0.05) is 48.7 Å². The Morgan fingerprint density at radius 3 is 2.81 bits per heavy atom. The van der Waals surface area contributed by atoms with Crippen molar-refractivity contribution in [2.45, 2.75) is 4.90 Å². The molecule has 2 amide bonds. The number of nitrogens with zero attached hydrogens (tertiary/aromatic N) is 2. The lowest BCUT2D eigenvalue weighted by Gasteiger charge is -2.27. The fourth-order valence-corrected chi connectivity index (χ4v) is 4.83. The van der Waals surface area contributed by atoms with Crippen LogP contribution in [-0.2, 0) is 9.53 Å². The van der Waals surface area contributed by atoms with E-state index >= 15 is 0 Å². The average Bonchev–Trinajstić information content (AvgIpc) is 2.78. The van der Waals surface area contributed by atoms with Gasteiger partial charge < -0.3 is 15.0 Å². The van der Waals surface area contributed by atoms with Gasteiger partial charge in [-0.25, -0.2) is 0 Å². The van der Waals surface area contributed by atoms with Crippen LogP contribution in [0.2, 0.25) is 5.02 Å². The van der Waals surface area contributed by atoms with Gasteiger partial charge in [0.05, 0.1) is 23.8 Å². The highest BCUT2D eigenvalue weighted by molar-refractivity contribution is 8.04. The van der Waals surface area contributed by atoms with Crippen LogP contribution in [0.5, 0.6) is 0 Å². The largest absolute Gasteiger partial charge is 0.379 e. The lowest BCUT2D eigenvalue weighted by Crippen LogP contribution is -2.41. The molecule has 2 aromatic carbocycles. The van der Waals surface area contributed by atoms with E-state index in [0.29, 0.717) is 22.0 Å². The van der Waals surface area contributed by atoms with Gasteiger partial charge >= 0.3 is 0 Å². The van der Waals surface area contributed by atoms with Crippen LogP contribution in [0, 0.1) is 0 Å². The van der Waals surface area contributed by atoms with E-state index in [9.17, 15) is 9.59 Å². The van der Waals surface area contributed by atoms with Crippen LogP contribution >= 0.6 is 23.4 Å². The first-order valence-electron chi connectivity index (χ1n) is 10.2. The Morgan fingerprint density at radius 1 is 1.23 bits per heavy atom. The van der Waals surface area contributed by atoms with Crippen LogP contribution in [-0.4, -0.2) is 63.2 Å². The number of thioether (sulfide) groups is 1. The zero-order valence-electron chi connectivity index (χ0n) is 17.3. The lowest BCUT2D eigenvalue weighted by atomic mass is 10.1. The number of hydrogen-bond acceptors (Lipinski definition) is 5. The molecule has 0 radical (unpaired) electrons. The van der Waals surface area contributed by atoms with E-state index in [4.69, 9.17) is 16.3 Å². The Hall–Kier alpha value is -2.32. The van der Waals surface area contributed by atoms with Crippen molar-refractivity contribution >= 4 is 46.9 Å². The summed E-state index contributed by atoms with van der Waals surface area (Å²) in [5.41, 5.74) is 2.15. The summed E-state index contributed by atoms with van der Waals surface area (Å²) in [4.78, 5) is 30.9. The number of nitrogens with one attached hydrogen (secondary N) is 1. The molecule has 0 atom stereocenters. The monoisotopic (exact) mass is 457 g/mol. The minimum Gasteiger partial charge on any atom is -0.379 e. The molecule has 2 aromatic rings. The Kier molecular flexibility index (Phi) is 6.97. The molecule has 2 aliphatic rings. The van der Waals surface area contributed by atoms with Gasteiger partial charge in [-0.15, -0.1) is 0 Å². The number of benzene rings is 2. The summed E-state index contributed by atoms with van der Waals surface area (Å²) < 4.78 is 5.34. The molecule has 8 heteroatoms. The summed E-state index contributed by atoms with van der Waals surface area (Å²) in [6, 6.07) is 12.9. The summed E-state index contributed by atoms with van der Waals surface area (Å²) in [7, 11) is 1.73. The van der Waals surface area contributed by atoms with Gasteiger partial charge in [0.25, 0.3) is 11.8 Å². The van der Waals surface area contributed by atoms with Crippen molar-refractivity contribution < 1.29 is 14.3 Å². The third-order valence-electron chi connectivity index (χ3n) is 5.28. The molecule has 2 heterocycles.